The summed E-state index contributed by atoms with van der Waals surface area (Å²) in [5.74, 6) is 0. The number of aliphatic hydroxyl groups is 3. The van der Waals surface area contributed by atoms with E-state index in [2.05, 4.69) is 0 Å². The Hall–Kier alpha value is -0.420. The van der Waals surface area contributed by atoms with Crippen molar-refractivity contribution in [2.75, 3.05) is 6.61 Å². The van der Waals surface area contributed by atoms with Gasteiger partial charge in [0.2, 0.25) is 0 Å². The SMILES string of the molecule is OCC(O)[C@@H]1C=C[C@H](O)O1. The summed E-state index contributed by atoms with van der Waals surface area (Å²) in [6, 6.07) is 0. The van der Waals surface area contributed by atoms with E-state index in [4.69, 9.17) is 20.1 Å². The Kier molecular flexibility index (Phi) is 2.39. The maximum Gasteiger partial charge on any atom is 0.175 e. The minimum Gasteiger partial charge on any atom is -0.394 e. The van der Waals surface area contributed by atoms with Gasteiger partial charge >= 0.3 is 0 Å². The van der Waals surface area contributed by atoms with E-state index in [0.29, 0.717) is 0 Å². The zero-order valence-corrected chi connectivity index (χ0v) is 5.34. The highest BCUT2D eigenvalue weighted by atomic mass is 16.6. The fourth-order valence-electron chi connectivity index (χ4n) is 0.779. The van der Waals surface area contributed by atoms with Gasteiger partial charge in [0, 0.05) is 0 Å². The largest absolute Gasteiger partial charge is 0.394 e. The van der Waals surface area contributed by atoms with Crippen LogP contribution in [0.15, 0.2) is 12.2 Å². The first-order chi connectivity index (χ1) is 4.74. The van der Waals surface area contributed by atoms with E-state index >= 15 is 0 Å². The molecule has 1 unspecified atom stereocenters. The third kappa shape index (κ3) is 1.54. The van der Waals surface area contributed by atoms with Crippen LogP contribution in [0.25, 0.3) is 0 Å². The van der Waals surface area contributed by atoms with Crippen LogP contribution in [0.4, 0.5) is 0 Å². The van der Waals surface area contributed by atoms with E-state index in [1.54, 1.807) is 0 Å². The maximum atomic E-state index is 8.94. The van der Waals surface area contributed by atoms with E-state index in [9.17, 15) is 0 Å². The highest BCUT2D eigenvalue weighted by molar-refractivity contribution is 5.00. The smallest absolute Gasteiger partial charge is 0.175 e. The van der Waals surface area contributed by atoms with Gasteiger partial charge in [0.1, 0.15) is 12.2 Å². The van der Waals surface area contributed by atoms with E-state index in [1.165, 1.54) is 12.2 Å². The molecule has 0 saturated carbocycles. The van der Waals surface area contributed by atoms with Gasteiger partial charge in [-0.3, -0.25) is 0 Å². The van der Waals surface area contributed by atoms with Crippen molar-refractivity contribution in [3.63, 3.8) is 0 Å². The Bertz CT molecular complexity index is 134. The number of hydrogen-bond donors (Lipinski definition) is 3. The van der Waals surface area contributed by atoms with Gasteiger partial charge in [-0.15, -0.1) is 0 Å². The Labute approximate surface area is 58.4 Å². The standard InChI is InChI=1S/C6H10O4/c7-3-4(8)5-1-2-6(9)10-5/h1-2,4-9H,3H2/t4?,5-,6+/m0/s1. The van der Waals surface area contributed by atoms with E-state index in [1.807, 2.05) is 0 Å². The Balaban J connectivity index is 2.38. The van der Waals surface area contributed by atoms with E-state index < -0.39 is 18.5 Å². The predicted molar refractivity (Wildman–Crippen MR) is 33.1 cm³/mol. The first-order valence-electron chi connectivity index (χ1n) is 3.05. The molecular weight excluding hydrogens is 136 g/mol. The summed E-state index contributed by atoms with van der Waals surface area (Å²) >= 11 is 0. The van der Waals surface area contributed by atoms with Crippen LogP contribution in [0, 0.1) is 0 Å². The quantitative estimate of drug-likeness (QED) is 0.420. The topological polar surface area (TPSA) is 69.9 Å². The van der Waals surface area contributed by atoms with Crippen LogP contribution in [0.2, 0.25) is 0 Å². The first-order valence-corrected chi connectivity index (χ1v) is 3.05. The predicted octanol–water partition coefficient (Wildman–Crippen LogP) is -1.39. The lowest BCUT2D eigenvalue weighted by molar-refractivity contribution is -0.114. The molecule has 1 heterocycles. The van der Waals surface area contributed by atoms with Crippen molar-refractivity contribution in [2.45, 2.75) is 18.5 Å². The van der Waals surface area contributed by atoms with Crippen LogP contribution < -0.4 is 0 Å². The maximum absolute atomic E-state index is 8.94. The van der Waals surface area contributed by atoms with Gasteiger partial charge in [0.15, 0.2) is 6.29 Å². The van der Waals surface area contributed by atoms with Crippen LogP contribution in [-0.4, -0.2) is 40.4 Å². The average molecular weight is 146 g/mol. The molecule has 0 aromatic heterocycles. The van der Waals surface area contributed by atoms with Gasteiger partial charge in [-0.1, -0.05) is 6.08 Å². The van der Waals surface area contributed by atoms with E-state index in [0.717, 1.165) is 0 Å². The molecule has 0 saturated heterocycles. The molecule has 0 fully saturated rings. The third-order valence-corrected chi connectivity index (χ3v) is 1.33. The molecule has 0 spiro atoms. The van der Waals surface area contributed by atoms with Crippen molar-refractivity contribution in [2.24, 2.45) is 0 Å². The first kappa shape index (κ1) is 7.68. The number of hydrogen-bond acceptors (Lipinski definition) is 4. The Morgan fingerprint density at radius 1 is 1.50 bits per heavy atom. The minimum atomic E-state index is -0.939. The lowest BCUT2D eigenvalue weighted by atomic mass is 10.2. The van der Waals surface area contributed by atoms with Crippen molar-refractivity contribution < 1.29 is 20.1 Å². The summed E-state index contributed by atoms with van der Waals surface area (Å²) in [5, 5.41) is 26.1. The minimum absolute atomic E-state index is 0.359. The molecule has 0 amide bonds. The fourth-order valence-corrected chi connectivity index (χ4v) is 0.779. The lowest BCUT2D eigenvalue weighted by Crippen LogP contribution is -2.29. The number of ether oxygens (including phenoxy) is 1. The van der Waals surface area contributed by atoms with Gasteiger partial charge in [-0.05, 0) is 6.08 Å². The average Bonchev–Trinajstić information content (AvgIpc) is 2.34. The van der Waals surface area contributed by atoms with Crippen LogP contribution in [0.1, 0.15) is 0 Å². The molecule has 1 aliphatic heterocycles. The van der Waals surface area contributed by atoms with Crippen LogP contribution in [0.5, 0.6) is 0 Å². The van der Waals surface area contributed by atoms with Crippen LogP contribution in [0.3, 0.4) is 0 Å². The monoisotopic (exact) mass is 146 g/mol. The van der Waals surface area contributed by atoms with Crippen molar-refractivity contribution in [1.82, 2.24) is 0 Å². The molecule has 4 heteroatoms. The summed E-state index contributed by atoms with van der Waals surface area (Å²) in [6.45, 7) is -0.359. The molecule has 3 N–H and O–H groups in total. The van der Waals surface area contributed by atoms with Crippen LogP contribution >= 0.6 is 0 Å². The van der Waals surface area contributed by atoms with Gasteiger partial charge in [-0.2, -0.15) is 0 Å². The molecule has 3 atom stereocenters. The summed E-state index contributed by atoms with van der Waals surface area (Å²) in [7, 11) is 0. The zero-order chi connectivity index (χ0) is 7.56. The molecule has 0 radical (unpaired) electrons. The van der Waals surface area contributed by atoms with Gasteiger partial charge in [-0.25, -0.2) is 0 Å². The third-order valence-electron chi connectivity index (χ3n) is 1.33. The molecule has 4 nitrogen and oxygen atoms in total. The second-order valence-corrected chi connectivity index (χ2v) is 2.13. The Morgan fingerprint density at radius 3 is 2.60 bits per heavy atom. The van der Waals surface area contributed by atoms with Crippen molar-refractivity contribution in [1.29, 1.82) is 0 Å². The lowest BCUT2D eigenvalue weighted by Gasteiger charge is -2.14. The highest BCUT2D eigenvalue weighted by Gasteiger charge is 2.23. The second-order valence-electron chi connectivity index (χ2n) is 2.13. The van der Waals surface area contributed by atoms with E-state index in [-0.39, 0.29) is 6.61 Å². The molecule has 0 aromatic carbocycles. The summed E-state index contributed by atoms with van der Waals surface area (Å²) < 4.78 is 4.75. The van der Waals surface area contributed by atoms with Crippen molar-refractivity contribution >= 4 is 0 Å². The van der Waals surface area contributed by atoms with Gasteiger partial charge < -0.3 is 20.1 Å². The van der Waals surface area contributed by atoms with Crippen molar-refractivity contribution in [3.8, 4) is 0 Å². The Morgan fingerprint density at radius 2 is 2.20 bits per heavy atom. The molecule has 0 aliphatic carbocycles. The molecule has 58 valence electrons. The molecular formula is C6H10O4. The molecule has 0 aromatic rings. The normalized spacial score (nSPS) is 34.7. The highest BCUT2D eigenvalue weighted by Crippen LogP contribution is 2.11. The van der Waals surface area contributed by atoms with Crippen LogP contribution in [-0.2, 0) is 4.74 Å². The van der Waals surface area contributed by atoms with Gasteiger partial charge in [0.05, 0.1) is 6.61 Å². The number of aliphatic hydroxyl groups excluding tert-OH is 3. The molecule has 1 aliphatic rings. The zero-order valence-electron chi connectivity index (χ0n) is 5.34. The molecule has 1 rings (SSSR count). The summed E-state index contributed by atoms with van der Waals surface area (Å²) in [4.78, 5) is 0. The molecule has 0 bridgehead atoms. The molecule has 10 heavy (non-hydrogen) atoms. The summed E-state index contributed by atoms with van der Waals surface area (Å²) in [5.41, 5.74) is 0. The van der Waals surface area contributed by atoms with Gasteiger partial charge in [0.25, 0.3) is 0 Å². The summed E-state index contributed by atoms with van der Waals surface area (Å²) in [6.07, 6.45) is 0.495. The van der Waals surface area contributed by atoms with Crippen molar-refractivity contribution in [3.05, 3.63) is 12.2 Å². The fraction of sp³-hybridized carbons (Fsp3) is 0.667. The number of rotatable bonds is 2. The second kappa shape index (κ2) is 3.12.